The number of aromatic nitrogens is 4. The molecule has 9 nitrogen and oxygen atoms in total. The number of aliphatic hydroxyl groups is 1. The van der Waals surface area contributed by atoms with Crippen molar-refractivity contribution in [1.82, 2.24) is 25.1 Å². The van der Waals surface area contributed by atoms with Crippen LogP contribution in [-0.4, -0.2) is 43.4 Å². The van der Waals surface area contributed by atoms with Gasteiger partial charge >= 0.3 is 0 Å². The minimum atomic E-state index is -0.632. The molecule has 164 valence electrons. The van der Waals surface area contributed by atoms with Crippen molar-refractivity contribution in [2.45, 2.75) is 33.0 Å². The number of hydrogen-bond donors (Lipinski definition) is 4. The van der Waals surface area contributed by atoms with Crippen molar-refractivity contribution >= 4 is 23.4 Å². The first kappa shape index (κ1) is 22.1. The number of benzene rings is 1. The van der Waals surface area contributed by atoms with Gasteiger partial charge < -0.3 is 21.1 Å². The van der Waals surface area contributed by atoms with E-state index in [0.29, 0.717) is 17.1 Å². The summed E-state index contributed by atoms with van der Waals surface area (Å²) >= 11 is 0. The highest BCUT2D eigenvalue weighted by Crippen LogP contribution is 2.18. The number of carbonyl (C=O) groups excluding carboxylic acids is 1. The molecule has 3 aromatic rings. The molecule has 1 atom stereocenters. The van der Waals surface area contributed by atoms with Gasteiger partial charge in [0.25, 0.3) is 0 Å². The molecule has 2 aromatic heterocycles. The number of nitrogens with zero attached hydrogens (tertiary/aromatic N) is 4. The van der Waals surface area contributed by atoms with Crippen molar-refractivity contribution in [2.75, 3.05) is 17.2 Å². The smallest absolute Gasteiger partial charge is 0.242 e. The van der Waals surface area contributed by atoms with Crippen molar-refractivity contribution in [3.05, 3.63) is 59.6 Å². The Morgan fingerprint density at radius 2 is 2.10 bits per heavy atom. The first-order valence-electron chi connectivity index (χ1n) is 9.55. The third-order valence-electron chi connectivity index (χ3n) is 4.36. The summed E-state index contributed by atoms with van der Waals surface area (Å²) < 4.78 is 29.5. The van der Waals surface area contributed by atoms with Crippen LogP contribution < -0.4 is 16.0 Å². The van der Waals surface area contributed by atoms with E-state index < -0.39 is 11.6 Å². The molecule has 0 radical (unpaired) electrons. The second kappa shape index (κ2) is 9.94. The highest BCUT2D eigenvalue weighted by atomic mass is 19.1. The van der Waals surface area contributed by atoms with Gasteiger partial charge in [-0.25, -0.2) is 13.8 Å². The van der Waals surface area contributed by atoms with E-state index in [0.717, 1.165) is 0 Å². The maximum atomic E-state index is 14.1. The number of nitrogens with one attached hydrogen (secondary N) is 3. The summed E-state index contributed by atoms with van der Waals surface area (Å²) in [4.78, 5) is 20.2. The fraction of sp³-hybridized carbons (Fsp3) is 0.300. The standard InChI is InChI=1S/C20H23F2N7O2/c1-12-3-4-16(21)15(19(12)22)8-24-17-5-6-23-20(28-17)27-14-7-25-29(9-14)10-18(31)26-13(2)11-30/h3-7,9,13,30H,8,10-11H2,1-2H3,(H,26,31)(H2,23,24,27,28). The van der Waals surface area contributed by atoms with Crippen molar-refractivity contribution in [2.24, 2.45) is 0 Å². The van der Waals surface area contributed by atoms with Gasteiger partial charge in [0.1, 0.15) is 24.0 Å². The predicted octanol–water partition coefficient (Wildman–Crippen LogP) is 2.11. The number of hydrogen-bond acceptors (Lipinski definition) is 7. The van der Waals surface area contributed by atoms with Gasteiger partial charge in [0.05, 0.1) is 18.5 Å². The molecule has 0 fully saturated rings. The molecule has 1 unspecified atom stereocenters. The van der Waals surface area contributed by atoms with E-state index in [2.05, 4.69) is 31.0 Å². The molecule has 0 saturated carbocycles. The van der Waals surface area contributed by atoms with E-state index in [1.165, 1.54) is 29.2 Å². The molecular weight excluding hydrogens is 408 g/mol. The van der Waals surface area contributed by atoms with Crippen LogP contribution >= 0.6 is 0 Å². The summed E-state index contributed by atoms with van der Waals surface area (Å²) in [5, 5.41) is 21.5. The third-order valence-corrected chi connectivity index (χ3v) is 4.36. The van der Waals surface area contributed by atoms with E-state index >= 15 is 0 Å². The van der Waals surface area contributed by atoms with Gasteiger partial charge in [-0.3, -0.25) is 9.48 Å². The first-order chi connectivity index (χ1) is 14.9. The van der Waals surface area contributed by atoms with Crippen LogP contribution in [-0.2, 0) is 17.9 Å². The van der Waals surface area contributed by atoms with Crippen LogP contribution in [0, 0.1) is 18.6 Å². The number of amides is 1. The summed E-state index contributed by atoms with van der Waals surface area (Å²) in [6, 6.07) is 3.85. The molecule has 2 heterocycles. The van der Waals surface area contributed by atoms with E-state index in [4.69, 9.17) is 5.11 Å². The predicted molar refractivity (Wildman–Crippen MR) is 111 cm³/mol. The lowest BCUT2D eigenvalue weighted by Gasteiger charge is -2.10. The third kappa shape index (κ3) is 5.95. The Labute approximate surface area is 177 Å². The van der Waals surface area contributed by atoms with Crippen molar-refractivity contribution in [3.63, 3.8) is 0 Å². The van der Waals surface area contributed by atoms with Crippen LogP contribution in [0.1, 0.15) is 18.1 Å². The van der Waals surface area contributed by atoms with Gasteiger partial charge in [0.2, 0.25) is 11.9 Å². The summed E-state index contributed by atoms with van der Waals surface area (Å²) in [5.41, 5.74) is 0.846. The van der Waals surface area contributed by atoms with Crippen molar-refractivity contribution in [3.8, 4) is 0 Å². The van der Waals surface area contributed by atoms with E-state index in [1.807, 2.05) is 0 Å². The van der Waals surface area contributed by atoms with E-state index in [-0.39, 0.29) is 43.2 Å². The fourth-order valence-electron chi connectivity index (χ4n) is 2.73. The quantitative estimate of drug-likeness (QED) is 0.410. The van der Waals surface area contributed by atoms with Crippen LogP contribution in [0.2, 0.25) is 0 Å². The lowest BCUT2D eigenvalue weighted by molar-refractivity contribution is -0.122. The second-order valence-corrected chi connectivity index (χ2v) is 6.98. The van der Waals surface area contributed by atoms with Crippen molar-refractivity contribution < 1.29 is 18.7 Å². The molecule has 1 aromatic carbocycles. The normalized spacial score (nSPS) is 11.8. The van der Waals surface area contributed by atoms with Gasteiger partial charge in [0, 0.05) is 30.5 Å². The molecule has 0 bridgehead atoms. The monoisotopic (exact) mass is 431 g/mol. The highest BCUT2D eigenvalue weighted by Gasteiger charge is 2.12. The molecule has 0 aliphatic heterocycles. The van der Waals surface area contributed by atoms with Gasteiger partial charge in [-0.1, -0.05) is 6.07 Å². The summed E-state index contributed by atoms with van der Waals surface area (Å²) in [6.07, 6.45) is 4.60. The van der Waals surface area contributed by atoms with E-state index in [9.17, 15) is 13.6 Å². The van der Waals surface area contributed by atoms with Gasteiger partial charge in [0.15, 0.2) is 0 Å². The zero-order chi connectivity index (χ0) is 22.4. The molecule has 3 rings (SSSR count). The summed E-state index contributed by atoms with van der Waals surface area (Å²) in [7, 11) is 0. The van der Waals surface area contributed by atoms with Crippen molar-refractivity contribution in [1.29, 1.82) is 0 Å². The number of halogens is 2. The molecule has 0 saturated heterocycles. The van der Waals surface area contributed by atoms with E-state index in [1.54, 1.807) is 26.1 Å². The van der Waals surface area contributed by atoms with Gasteiger partial charge in [-0.15, -0.1) is 0 Å². The Balaban J connectivity index is 1.61. The molecule has 4 N–H and O–H groups in total. The van der Waals surface area contributed by atoms with Gasteiger partial charge in [-0.2, -0.15) is 10.1 Å². The number of rotatable bonds is 9. The molecule has 1 amide bonds. The SMILES string of the molecule is Cc1ccc(F)c(CNc2ccnc(Nc3cnn(CC(=O)NC(C)CO)c3)n2)c1F. The van der Waals surface area contributed by atoms with Crippen LogP contribution in [0.5, 0.6) is 0 Å². The molecule has 0 aliphatic carbocycles. The Kier molecular flexibility index (Phi) is 7.08. The molecule has 31 heavy (non-hydrogen) atoms. The maximum Gasteiger partial charge on any atom is 0.242 e. The number of anilines is 3. The average molecular weight is 431 g/mol. The Morgan fingerprint density at radius 1 is 1.29 bits per heavy atom. The lowest BCUT2D eigenvalue weighted by atomic mass is 10.1. The van der Waals surface area contributed by atoms with Crippen LogP contribution in [0.25, 0.3) is 0 Å². The number of carbonyl (C=O) groups is 1. The summed E-state index contributed by atoms with van der Waals surface area (Å²) in [5.74, 6) is -0.887. The topological polar surface area (TPSA) is 117 Å². The molecule has 11 heteroatoms. The zero-order valence-electron chi connectivity index (χ0n) is 17.1. The Hall–Kier alpha value is -3.60. The minimum Gasteiger partial charge on any atom is -0.394 e. The largest absolute Gasteiger partial charge is 0.394 e. The lowest BCUT2D eigenvalue weighted by Crippen LogP contribution is -2.37. The molecule has 0 spiro atoms. The van der Waals surface area contributed by atoms with Crippen LogP contribution in [0.15, 0.2) is 36.8 Å². The number of aliphatic hydroxyl groups excluding tert-OH is 1. The van der Waals surface area contributed by atoms with Crippen LogP contribution in [0.3, 0.4) is 0 Å². The second-order valence-electron chi connectivity index (χ2n) is 6.98. The highest BCUT2D eigenvalue weighted by molar-refractivity contribution is 5.76. The van der Waals surface area contributed by atoms with Crippen LogP contribution in [0.4, 0.5) is 26.2 Å². The summed E-state index contributed by atoms with van der Waals surface area (Å²) in [6.45, 7) is 3.02. The Morgan fingerprint density at radius 3 is 2.87 bits per heavy atom. The minimum absolute atomic E-state index is 0.0118. The average Bonchev–Trinajstić information content (AvgIpc) is 3.17. The van der Waals surface area contributed by atoms with Gasteiger partial charge in [-0.05, 0) is 31.5 Å². The first-order valence-corrected chi connectivity index (χ1v) is 9.55. The number of aryl methyl sites for hydroxylation is 1. The molecule has 0 aliphatic rings. The fourth-order valence-corrected chi connectivity index (χ4v) is 2.73. The zero-order valence-corrected chi connectivity index (χ0v) is 17.1. The Bertz CT molecular complexity index is 1060. The maximum absolute atomic E-state index is 14.1. The molecular formula is C20H23F2N7O2.